The van der Waals surface area contributed by atoms with Crippen LogP contribution in [0.25, 0.3) is 0 Å². The number of rotatable bonds is 4. The molecule has 0 saturated heterocycles. The fourth-order valence-corrected chi connectivity index (χ4v) is 1.96. The summed E-state index contributed by atoms with van der Waals surface area (Å²) >= 11 is 3.41. The predicted octanol–water partition coefficient (Wildman–Crippen LogP) is 3.84. The van der Waals surface area contributed by atoms with Gasteiger partial charge in [0.1, 0.15) is 12.4 Å². The van der Waals surface area contributed by atoms with Gasteiger partial charge in [0.05, 0.1) is 6.04 Å². The molecule has 0 saturated carbocycles. The van der Waals surface area contributed by atoms with E-state index in [1.54, 1.807) is 0 Å². The van der Waals surface area contributed by atoms with Crippen molar-refractivity contribution in [2.75, 3.05) is 6.61 Å². The van der Waals surface area contributed by atoms with Crippen LogP contribution in [0.3, 0.4) is 0 Å². The summed E-state index contributed by atoms with van der Waals surface area (Å²) in [5.74, 6) is 0.863. The molecule has 0 heterocycles. The summed E-state index contributed by atoms with van der Waals surface area (Å²) in [7, 11) is 0. The summed E-state index contributed by atoms with van der Waals surface area (Å²) in [6.07, 6.45) is 0. The maximum absolute atomic E-state index is 6.09. The highest BCUT2D eigenvalue weighted by Gasteiger charge is 2.06. The van der Waals surface area contributed by atoms with Crippen molar-refractivity contribution in [1.82, 2.24) is 0 Å². The van der Waals surface area contributed by atoms with Crippen LogP contribution in [0.4, 0.5) is 0 Å². The Hall–Kier alpha value is -1.32. The predicted molar refractivity (Wildman–Crippen MR) is 77.7 cm³/mol. The number of ether oxygens (including phenoxy) is 1. The fourth-order valence-electron chi connectivity index (χ4n) is 1.70. The molecule has 0 aliphatic rings. The molecular weight excluding hydrogens is 290 g/mol. The van der Waals surface area contributed by atoms with E-state index in [1.165, 1.54) is 5.56 Å². The van der Waals surface area contributed by atoms with Crippen LogP contribution >= 0.6 is 15.9 Å². The third-order valence-electron chi connectivity index (χ3n) is 2.72. The second-order valence-electron chi connectivity index (χ2n) is 4.29. The topological polar surface area (TPSA) is 35.2 Å². The Balaban J connectivity index is 1.96. The minimum absolute atomic E-state index is 0.112. The molecule has 0 aliphatic heterocycles. The zero-order valence-electron chi connectivity index (χ0n) is 10.3. The second-order valence-corrected chi connectivity index (χ2v) is 5.20. The molecule has 0 amide bonds. The molecule has 2 aromatic rings. The number of nitrogens with two attached hydrogens (primary N) is 1. The molecule has 3 heteroatoms. The SMILES string of the molecule is Cc1cccc(OCC(N)c2ccc(Br)cc2)c1. The highest BCUT2D eigenvalue weighted by molar-refractivity contribution is 9.10. The molecule has 1 atom stereocenters. The van der Waals surface area contributed by atoms with Crippen LogP contribution < -0.4 is 10.5 Å². The number of hydrogen-bond acceptors (Lipinski definition) is 2. The molecule has 2 rings (SSSR count). The summed E-state index contributed by atoms with van der Waals surface area (Å²) < 4.78 is 6.75. The zero-order chi connectivity index (χ0) is 13.0. The number of benzene rings is 2. The van der Waals surface area contributed by atoms with Crippen LogP contribution in [-0.4, -0.2) is 6.61 Å². The maximum atomic E-state index is 6.09. The van der Waals surface area contributed by atoms with Crippen molar-refractivity contribution in [3.8, 4) is 5.75 Å². The number of halogens is 1. The first-order valence-corrected chi connectivity index (χ1v) is 6.65. The lowest BCUT2D eigenvalue weighted by Crippen LogP contribution is -2.18. The minimum atomic E-state index is -0.112. The lowest BCUT2D eigenvalue weighted by molar-refractivity contribution is 0.290. The van der Waals surface area contributed by atoms with Crippen molar-refractivity contribution in [3.05, 3.63) is 64.1 Å². The molecule has 1 unspecified atom stereocenters. The van der Waals surface area contributed by atoms with E-state index in [0.29, 0.717) is 6.61 Å². The van der Waals surface area contributed by atoms with Gasteiger partial charge in [0.15, 0.2) is 0 Å². The van der Waals surface area contributed by atoms with Gasteiger partial charge < -0.3 is 10.5 Å². The Labute approximate surface area is 116 Å². The highest BCUT2D eigenvalue weighted by atomic mass is 79.9. The average molecular weight is 306 g/mol. The zero-order valence-corrected chi connectivity index (χ0v) is 11.9. The van der Waals surface area contributed by atoms with Gasteiger partial charge in [0.25, 0.3) is 0 Å². The Bertz CT molecular complexity index is 510. The van der Waals surface area contributed by atoms with Gasteiger partial charge in [-0.2, -0.15) is 0 Å². The third kappa shape index (κ3) is 3.59. The van der Waals surface area contributed by atoms with Crippen LogP contribution in [0.1, 0.15) is 17.2 Å². The smallest absolute Gasteiger partial charge is 0.119 e. The van der Waals surface area contributed by atoms with Crippen LogP contribution in [-0.2, 0) is 0 Å². The van der Waals surface area contributed by atoms with Gasteiger partial charge >= 0.3 is 0 Å². The Morgan fingerprint density at radius 1 is 1.17 bits per heavy atom. The normalized spacial score (nSPS) is 12.2. The molecule has 18 heavy (non-hydrogen) atoms. The van der Waals surface area contributed by atoms with E-state index in [0.717, 1.165) is 15.8 Å². The molecule has 0 aliphatic carbocycles. The molecule has 0 radical (unpaired) electrons. The van der Waals surface area contributed by atoms with Crippen LogP contribution in [0.15, 0.2) is 53.0 Å². The van der Waals surface area contributed by atoms with Crippen LogP contribution in [0.2, 0.25) is 0 Å². The third-order valence-corrected chi connectivity index (χ3v) is 3.25. The molecule has 94 valence electrons. The van der Waals surface area contributed by atoms with E-state index in [9.17, 15) is 0 Å². The van der Waals surface area contributed by atoms with Crippen molar-refractivity contribution in [1.29, 1.82) is 0 Å². The van der Waals surface area contributed by atoms with Crippen molar-refractivity contribution in [2.24, 2.45) is 5.73 Å². The molecule has 2 N–H and O–H groups in total. The van der Waals surface area contributed by atoms with Crippen LogP contribution in [0, 0.1) is 6.92 Å². The van der Waals surface area contributed by atoms with E-state index in [4.69, 9.17) is 10.5 Å². The van der Waals surface area contributed by atoms with Gasteiger partial charge in [-0.3, -0.25) is 0 Å². The van der Waals surface area contributed by atoms with E-state index in [2.05, 4.69) is 15.9 Å². The lowest BCUT2D eigenvalue weighted by atomic mass is 10.1. The Morgan fingerprint density at radius 2 is 1.89 bits per heavy atom. The monoisotopic (exact) mass is 305 g/mol. The van der Waals surface area contributed by atoms with Gasteiger partial charge in [0, 0.05) is 4.47 Å². The molecule has 0 spiro atoms. The molecular formula is C15H16BrNO. The largest absolute Gasteiger partial charge is 0.492 e. The highest BCUT2D eigenvalue weighted by Crippen LogP contribution is 2.18. The minimum Gasteiger partial charge on any atom is -0.492 e. The maximum Gasteiger partial charge on any atom is 0.119 e. The summed E-state index contributed by atoms with van der Waals surface area (Å²) in [6, 6.07) is 15.9. The Morgan fingerprint density at radius 3 is 2.56 bits per heavy atom. The molecule has 2 aromatic carbocycles. The summed E-state index contributed by atoms with van der Waals surface area (Å²) in [5, 5.41) is 0. The molecule has 2 nitrogen and oxygen atoms in total. The van der Waals surface area contributed by atoms with E-state index in [-0.39, 0.29) is 6.04 Å². The number of aryl methyl sites for hydroxylation is 1. The standard InChI is InChI=1S/C15H16BrNO/c1-11-3-2-4-14(9-11)18-10-15(17)12-5-7-13(16)8-6-12/h2-9,15H,10,17H2,1H3. The lowest BCUT2D eigenvalue weighted by Gasteiger charge is -2.14. The molecule has 0 aromatic heterocycles. The van der Waals surface area contributed by atoms with E-state index < -0.39 is 0 Å². The van der Waals surface area contributed by atoms with Crippen molar-refractivity contribution in [3.63, 3.8) is 0 Å². The quantitative estimate of drug-likeness (QED) is 0.931. The van der Waals surface area contributed by atoms with Crippen molar-refractivity contribution in [2.45, 2.75) is 13.0 Å². The average Bonchev–Trinajstić information content (AvgIpc) is 2.37. The first-order valence-electron chi connectivity index (χ1n) is 5.85. The van der Waals surface area contributed by atoms with Crippen LogP contribution in [0.5, 0.6) is 5.75 Å². The summed E-state index contributed by atoms with van der Waals surface area (Å²) in [6.45, 7) is 2.52. The van der Waals surface area contributed by atoms with Gasteiger partial charge in [-0.25, -0.2) is 0 Å². The van der Waals surface area contributed by atoms with Gasteiger partial charge in [0.2, 0.25) is 0 Å². The Kier molecular flexibility index (Phi) is 4.39. The fraction of sp³-hybridized carbons (Fsp3) is 0.200. The molecule has 0 fully saturated rings. The van der Waals surface area contributed by atoms with Gasteiger partial charge in [-0.05, 0) is 42.3 Å². The summed E-state index contributed by atoms with van der Waals surface area (Å²) in [5.41, 5.74) is 8.35. The number of hydrogen-bond donors (Lipinski definition) is 1. The molecule has 0 bridgehead atoms. The first kappa shape index (κ1) is 13.1. The summed E-state index contributed by atoms with van der Waals surface area (Å²) in [4.78, 5) is 0. The van der Waals surface area contributed by atoms with Gasteiger partial charge in [-0.1, -0.05) is 40.2 Å². The van der Waals surface area contributed by atoms with Crippen molar-refractivity contribution < 1.29 is 4.74 Å². The first-order chi connectivity index (χ1) is 8.65. The van der Waals surface area contributed by atoms with E-state index in [1.807, 2.05) is 55.5 Å². The van der Waals surface area contributed by atoms with Gasteiger partial charge in [-0.15, -0.1) is 0 Å². The van der Waals surface area contributed by atoms with E-state index >= 15 is 0 Å². The van der Waals surface area contributed by atoms with Crippen molar-refractivity contribution >= 4 is 15.9 Å². The second kappa shape index (κ2) is 6.03.